The minimum Gasteiger partial charge on any atom is -0.858 e. The molecule has 0 saturated heterocycles. The van der Waals surface area contributed by atoms with Crippen LogP contribution in [-0.2, 0) is 10.0 Å². The molecule has 0 unspecified atom stereocenters. The van der Waals surface area contributed by atoms with Crippen LogP contribution in [0.5, 0.6) is 11.5 Å². The number of allylic oxidation sites excluding steroid dienone is 2. The van der Waals surface area contributed by atoms with Crippen LogP contribution in [0, 0.1) is 0 Å². The largest absolute Gasteiger partial charge is 0.858 e. The van der Waals surface area contributed by atoms with E-state index in [0.29, 0.717) is 27.9 Å². The molecule has 0 radical (unpaired) electrons. The number of nitrogens with zero attached hydrogens (tertiary/aromatic N) is 3. The van der Waals surface area contributed by atoms with E-state index in [2.05, 4.69) is 53.7 Å². The number of anilines is 1. The first-order chi connectivity index (χ1) is 21.2. The van der Waals surface area contributed by atoms with Crippen molar-refractivity contribution in [3.63, 3.8) is 0 Å². The summed E-state index contributed by atoms with van der Waals surface area (Å²) in [6, 6.07) is 13.8. The van der Waals surface area contributed by atoms with Crippen molar-refractivity contribution in [3.8, 4) is 11.5 Å². The molecule has 46 heavy (non-hydrogen) atoms. The molecule has 0 saturated carbocycles. The van der Waals surface area contributed by atoms with Crippen LogP contribution in [0.3, 0.4) is 0 Å². The van der Waals surface area contributed by atoms with E-state index in [1.165, 1.54) is 12.1 Å². The molecule has 0 aromatic heterocycles. The van der Waals surface area contributed by atoms with Gasteiger partial charge in [0, 0.05) is 66.0 Å². The summed E-state index contributed by atoms with van der Waals surface area (Å²) in [5, 5.41) is 14.8. The molecule has 6 rings (SSSR count). The highest BCUT2D eigenvalue weighted by atomic mass is 32.2. The first kappa shape index (κ1) is 31.6. The molecule has 0 fully saturated rings. The van der Waals surface area contributed by atoms with Gasteiger partial charge < -0.3 is 14.7 Å². The Kier molecular flexibility index (Phi) is 6.91. The second kappa shape index (κ2) is 10.1. The van der Waals surface area contributed by atoms with Crippen molar-refractivity contribution in [2.24, 2.45) is 4.40 Å². The molecule has 3 aromatic rings. The predicted octanol–water partition coefficient (Wildman–Crippen LogP) is 4.94. The van der Waals surface area contributed by atoms with Crippen molar-refractivity contribution in [3.05, 3.63) is 99.1 Å². The lowest BCUT2D eigenvalue weighted by Crippen LogP contribution is -2.47. The standard InChI is InChI=1S/C35H34F3N3O4S/c1-19-17-33(3,4)40(7)27-15-29-25(13-23(19)27)31(21-11-9-10-12-22(21)32(42)39-46(43,44)35(36,37)38)26-14-24-20(2)18-34(5,6)41(8)28(24)16-30(26)45-29/h9-18H,1-8H3. The molecule has 0 aliphatic carbocycles. The minimum atomic E-state index is -6.07. The minimum absolute atomic E-state index is 0.233. The van der Waals surface area contributed by atoms with Crippen LogP contribution in [0.1, 0.15) is 69.4 Å². The second-order valence-electron chi connectivity index (χ2n) is 13.2. The molecule has 3 heterocycles. The fourth-order valence-corrected chi connectivity index (χ4v) is 6.99. The molecule has 3 aliphatic rings. The molecule has 0 spiro atoms. The topological polar surface area (TPSA) is 85.0 Å². The third kappa shape index (κ3) is 4.83. The van der Waals surface area contributed by atoms with Crippen LogP contribution in [0.2, 0.25) is 0 Å². The van der Waals surface area contributed by atoms with Gasteiger partial charge in [0.1, 0.15) is 18.5 Å². The van der Waals surface area contributed by atoms with Crippen molar-refractivity contribution < 1.29 is 31.4 Å². The number of alkyl halides is 3. The number of benzene rings is 3. The maximum absolute atomic E-state index is 13.3. The lowest BCUT2D eigenvalue weighted by molar-refractivity contribution is -0.212. The molecule has 0 bridgehead atoms. The molecule has 0 atom stereocenters. The third-order valence-corrected chi connectivity index (χ3v) is 10.3. The van der Waals surface area contributed by atoms with Gasteiger partial charge in [-0.25, -0.2) is 4.58 Å². The van der Waals surface area contributed by atoms with Crippen molar-refractivity contribution in [1.82, 2.24) is 4.58 Å². The van der Waals surface area contributed by atoms with Gasteiger partial charge in [-0.3, -0.25) is 0 Å². The number of rotatable bonds is 3. The highest BCUT2D eigenvalue weighted by molar-refractivity contribution is 7.91. The average Bonchev–Trinajstić information content (AvgIpc) is 2.95. The SMILES string of the molecule is CC1=CC(C)(C)N(C)c2cc3c(cc21)C(c1ccccc1C([O-])=NS(=O)(=O)C(F)(F)F)=c1cc2c(cc1O3)=[N+](C)C(C)(C)C=C2C. The van der Waals surface area contributed by atoms with E-state index in [-0.39, 0.29) is 22.2 Å². The van der Waals surface area contributed by atoms with Crippen LogP contribution in [0.4, 0.5) is 18.9 Å². The lowest BCUT2D eigenvalue weighted by atomic mass is 9.83. The molecule has 3 aromatic carbocycles. The molecular formula is C35H34F3N3O4S. The smallest absolute Gasteiger partial charge is 0.518 e. The van der Waals surface area contributed by atoms with Gasteiger partial charge in [0.2, 0.25) is 5.36 Å². The Labute approximate surface area is 266 Å². The first-order valence-electron chi connectivity index (χ1n) is 14.7. The van der Waals surface area contributed by atoms with Gasteiger partial charge in [0.05, 0.1) is 11.6 Å². The number of hydrogen-bond acceptors (Lipinski definition) is 5. The van der Waals surface area contributed by atoms with E-state index < -0.39 is 21.4 Å². The van der Waals surface area contributed by atoms with E-state index in [9.17, 15) is 26.7 Å². The van der Waals surface area contributed by atoms with Crippen molar-refractivity contribution in [2.45, 2.75) is 58.1 Å². The summed E-state index contributed by atoms with van der Waals surface area (Å²) in [5.74, 6) is -0.530. The summed E-state index contributed by atoms with van der Waals surface area (Å²) in [4.78, 5) is 2.14. The normalized spacial score (nSPS) is 18.5. The highest BCUT2D eigenvalue weighted by Crippen LogP contribution is 2.46. The Morgan fingerprint density at radius 1 is 0.913 bits per heavy atom. The molecule has 240 valence electrons. The predicted molar refractivity (Wildman–Crippen MR) is 173 cm³/mol. The zero-order chi connectivity index (χ0) is 33.7. The second-order valence-corrected chi connectivity index (χ2v) is 14.7. The maximum atomic E-state index is 13.3. The summed E-state index contributed by atoms with van der Waals surface area (Å²) in [5.41, 5.74) is -0.383. The van der Waals surface area contributed by atoms with E-state index in [4.69, 9.17) is 4.74 Å². The number of hydrogen-bond donors (Lipinski definition) is 0. The van der Waals surface area contributed by atoms with Crippen LogP contribution < -0.4 is 29.9 Å². The Morgan fingerprint density at radius 3 is 2.24 bits per heavy atom. The lowest BCUT2D eigenvalue weighted by Gasteiger charge is -2.41. The Morgan fingerprint density at radius 2 is 1.57 bits per heavy atom. The van der Waals surface area contributed by atoms with Gasteiger partial charge in [0.25, 0.3) is 0 Å². The number of ether oxygens (including phenoxy) is 1. The summed E-state index contributed by atoms with van der Waals surface area (Å²) < 4.78 is 75.0. The number of likely N-dealkylation sites (N-methyl/N-ethyl adjacent to an activating group) is 2. The van der Waals surface area contributed by atoms with Crippen molar-refractivity contribution in [2.75, 3.05) is 19.0 Å². The van der Waals surface area contributed by atoms with Gasteiger partial charge in [-0.1, -0.05) is 30.3 Å². The highest BCUT2D eigenvalue weighted by Gasteiger charge is 2.46. The summed E-state index contributed by atoms with van der Waals surface area (Å²) in [7, 11) is -2.08. The fourth-order valence-electron chi connectivity index (χ4n) is 6.57. The van der Waals surface area contributed by atoms with Crippen LogP contribution in [-0.4, -0.2) is 45.0 Å². The van der Waals surface area contributed by atoms with E-state index >= 15 is 0 Å². The van der Waals surface area contributed by atoms with Crippen molar-refractivity contribution >= 4 is 38.3 Å². The molecule has 0 amide bonds. The van der Waals surface area contributed by atoms with E-state index in [1.54, 1.807) is 12.1 Å². The van der Waals surface area contributed by atoms with Gasteiger partial charge in [-0.05, 0) is 68.2 Å². The first-order valence-corrected chi connectivity index (χ1v) is 16.1. The summed E-state index contributed by atoms with van der Waals surface area (Å²) in [6.07, 6.45) is 4.30. The van der Waals surface area contributed by atoms with Gasteiger partial charge >= 0.3 is 15.5 Å². The Balaban J connectivity index is 1.74. The summed E-state index contributed by atoms with van der Waals surface area (Å²) >= 11 is 0. The van der Waals surface area contributed by atoms with Gasteiger partial charge in [-0.2, -0.15) is 26.0 Å². The average molecular weight is 650 g/mol. The van der Waals surface area contributed by atoms with E-state index in [0.717, 1.165) is 33.3 Å². The van der Waals surface area contributed by atoms with Crippen LogP contribution in [0.25, 0.3) is 16.7 Å². The molecule has 7 nitrogen and oxygen atoms in total. The van der Waals surface area contributed by atoms with Crippen molar-refractivity contribution in [1.29, 1.82) is 0 Å². The summed E-state index contributed by atoms with van der Waals surface area (Å²) in [6.45, 7) is 12.4. The Hall–Kier alpha value is -4.38. The zero-order valence-electron chi connectivity index (χ0n) is 26.8. The Bertz CT molecular complexity index is 2190. The number of halogens is 3. The maximum Gasteiger partial charge on any atom is 0.518 e. The molecular weight excluding hydrogens is 615 g/mol. The molecule has 0 N–H and O–H groups in total. The monoisotopic (exact) mass is 649 g/mol. The van der Waals surface area contributed by atoms with Crippen LogP contribution in [0.15, 0.2) is 65.1 Å². The van der Waals surface area contributed by atoms with E-state index in [1.807, 2.05) is 52.2 Å². The zero-order valence-corrected chi connectivity index (χ0v) is 27.6. The number of fused-ring (bicyclic) bond motifs is 4. The molecule has 3 aliphatic heterocycles. The van der Waals surface area contributed by atoms with Gasteiger partial charge in [-0.15, -0.1) is 0 Å². The third-order valence-electron chi connectivity index (χ3n) is 9.32. The quantitative estimate of drug-likeness (QED) is 0.178. The number of sulfonamides is 1. The van der Waals surface area contributed by atoms with Gasteiger partial charge in [0.15, 0.2) is 5.54 Å². The fraction of sp³-hybridized carbons (Fsp3) is 0.314. The molecule has 11 heteroatoms. The van der Waals surface area contributed by atoms with Crippen LogP contribution >= 0.6 is 0 Å².